The molecular weight excluding hydrogens is 524 g/mol. The number of methoxy groups -OCH3 is 1. The van der Waals surface area contributed by atoms with Gasteiger partial charge in [-0.2, -0.15) is 0 Å². The number of nitrogens with zero attached hydrogens (tertiary/aromatic N) is 2. The molecule has 1 fully saturated rings. The second-order valence-electron chi connectivity index (χ2n) is 10.3. The Morgan fingerprint density at radius 3 is 2.00 bits per heavy atom. The van der Waals surface area contributed by atoms with Crippen LogP contribution in [-0.4, -0.2) is 66.8 Å². The third-order valence-electron chi connectivity index (χ3n) is 7.23. The van der Waals surface area contributed by atoms with E-state index in [1.807, 2.05) is 104 Å². The van der Waals surface area contributed by atoms with Crippen LogP contribution in [0.3, 0.4) is 0 Å². The molecule has 2 aliphatic rings. The van der Waals surface area contributed by atoms with Gasteiger partial charge in [-0.3, -0.25) is 9.79 Å². The number of rotatable bonds is 10. The molecule has 5 rings (SSSR count). The van der Waals surface area contributed by atoms with Crippen molar-refractivity contribution < 1.29 is 23.7 Å². The molecule has 7 nitrogen and oxygen atoms in total. The van der Waals surface area contributed by atoms with E-state index in [4.69, 9.17) is 23.9 Å². The summed E-state index contributed by atoms with van der Waals surface area (Å²) in [5.41, 5.74) is 2.64. The van der Waals surface area contributed by atoms with Gasteiger partial charge in [0.2, 0.25) is 0 Å². The van der Waals surface area contributed by atoms with Crippen molar-refractivity contribution in [1.82, 2.24) is 4.90 Å². The SMILES string of the molecule is COc1ccc(C(C(C)=O)[C@@H]2O[C@@H]3SC(N(C)C)=N[C@@H]3[C@@H](OCc3ccccc3)[C@H]2OCc2ccccc2)cc1. The fraction of sp³-hybridized carbons (Fsp3) is 0.375. The van der Waals surface area contributed by atoms with Crippen LogP contribution in [0.5, 0.6) is 5.75 Å². The molecule has 1 saturated heterocycles. The minimum absolute atomic E-state index is 0.000450. The molecule has 0 aliphatic carbocycles. The lowest BCUT2D eigenvalue weighted by molar-refractivity contribution is -0.203. The Bertz CT molecular complexity index is 1290. The Kier molecular flexibility index (Phi) is 9.22. The average Bonchev–Trinajstić information content (AvgIpc) is 3.41. The number of benzene rings is 3. The highest BCUT2D eigenvalue weighted by Gasteiger charge is 2.54. The van der Waals surface area contributed by atoms with Crippen LogP contribution in [0, 0.1) is 0 Å². The van der Waals surface area contributed by atoms with Crippen LogP contribution in [0.1, 0.15) is 29.5 Å². The molecule has 3 aromatic carbocycles. The van der Waals surface area contributed by atoms with Crippen molar-refractivity contribution in [3.8, 4) is 5.75 Å². The molecule has 0 radical (unpaired) electrons. The van der Waals surface area contributed by atoms with Gasteiger partial charge in [-0.1, -0.05) is 84.6 Å². The van der Waals surface area contributed by atoms with Crippen LogP contribution in [-0.2, 0) is 32.2 Å². The normalized spacial score (nSPS) is 24.6. The molecule has 0 bridgehead atoms. The third-order valence-corrected chi connectivity index (χ3v) is 8.53. The highest BCUT2D eigenvalue weighted by atomic mass is 32.2. The average molecular weight is 561 g/mol. The number of hydrogen-bond acceptors (Lipinski definition) is 8. The van der Waals surface area contributed by atoms with E-state index < -0.39 is 24.2 Å². The molecule has 0 amide bonds. The van der Waals surface area contributed by atoms with Crippen LogP contribution >= 0.6 is 11.8 Å². The smallest absolute Gasteiger partial charge is 0.161 e. The first-order valence-corrected chi connectivity index (χ1v) is 14.3. The first kappa shape index (κ1) is 28.4. The summed E-state index contributed by atoms with van der Waals surface area (Å²) in [6, 6.07) is 27.4. The van der Waals surface area contributed by atoms with Crippen LogP contribution in [0.15, 0.2) is 89.9 Å². The molecule has 0 saturated carbocycles. The number of hydrogen-bond donors (Lipinski definition) is 0. The van der Waals surface area contributed by atoms with E-state index >= 15 is 0 Å². The Hall–Kier alpha value is -3.17. The summed E-state index contributed by atoms with van der Waals surface area (Å²) < 4.78 is 25.5. The highest BCUT2D eigenvalue weighted by molar-refractivity contribution is 8.14. The van der Waals surface area contributed by atoms with E-state index in [9.17, 15) is 4.79 Å². The molecule has 2 aliphatic heterocycles. The van der Waals surface area contributed by atoms with Gasteiger partial charge in [-0.15, -0.1) is 0 Å². The van der Waals surface area contributed by atoms with Gasteiger partial charge in [0.05, 0.1) is 26.2 Å². The standard InChI is InChI=1S/C32H36N2O5S/c1-21(35)26(24-15-17-25(36-4)18-16-24)28-30(38-20-23-13-9-6-10-14-23)29(37-19-22-11-7-5-8-12-22)27-31(39-28)40-32(33-27)34(2)3/h5-18,26-31H,19-20H2,1-4H3/t26?,27-,28+,29-,30+,31-/m1/s1. The van der Waals surface area contributed by atoms with Gasteiger partial charge in [0.1, 0.15) is 41.3 Å². The van der Waals surface area contributed by atoms with Crippen molar-refractivity contribution >= 4 is 22.7 Å². The molecule has 2 heterocycles. The number of Topliss-reactive ketones (excluding diaryl/α,β-unsaturated/α-hetero) is 1. The Morgan fingerprint density at radius 2 is 1.48 bits per heavy atom. The number of carbonyl (C=O) groups excluding carboxylic acids is 1. The van der Waals surface area contributed by atoms with Crippen molar-refractivity contribution in [3.05, 3.63) is 102 Å². The molecule has 3 aromatic rings. The lowest BCUT2D eigenvalue weighted by atomic mass is 9.82. The summed E-state index contributed by atoms with van der Waals surface area (Å²) >= 11 is 1.57. The maximum atomic E-state index is 13.3. The number of aliphatic imine (C=N–C) groups is 1. The van der Waals surface area contributed by atoms with Gasteiger partial charge < -0.3 is 23.8 Å². The fourth-order valence-electron chi connectivity index (χ4n) is 5.22. The van der Waals surface area contributed by atoms with Crippen molar-refractivity contribution in [2.24, 2.45) is 4.99 Å². The highest BCUT2D eigenvalue weighted by Crippen LogP contribution is 2.43. The van der Waals surface area contributed by atoms with E-state index in [0.717, 1.165) is 27.6 Å². The number of thioether (sulfide) groups is 1. The second-order valence-corrected chi connectivity index (χ2v) is 11.3. The van der Waals surface area contributed by atoms with E-state index in [-0.39, 0.29) is 17.3 Å². The summed E-state index contributed by atoms with van der Waals surface area (Å²) in [6.45, 7) is 2.37. The zero-order chi connectivity index (χ0) is 28.1. The van der Waals surface area contributed by atoms with Crippen LogP contribution < -0.4 is 4.74 Å². The van der Waals surface area contributed by atoms with Crippen LogP contribution in [0.4, 0.5) is 0 Å². The van der Waals surface area contributed by atoms with Gasteiger partial charge in [0.15, 0.2) is 5.17 Å². The van der Waals surface area contributed by atoms with Crippen LogP contribution in [0.25, 0.3) is 0 Å². The molecule has 6 atom stereocenters. The minimum Gasteiger partial charge on any atom is -0.497 e. The largest absolute Gasteiger partial charge is 0.497 e. The van der Waals surface area contributed by atoms with Gasteiger partial charge in [-0.05, 0) is 35.7 Å². The van der Waals surface area contributed by atoms with E-state index in [1.54, 1.807) is 25.8 Å². The molecule has 0 aromatic heterocycles. The minimum atomic E-state index is -0.583. The first-order chi connectivity index (χ1) is 19.4. The number of amidine groups is 1. The van der Waals surface area contributed by atoms with E-state index in [1.165, 1.54) is 0 Å². The Balaban J connectivity index is 1.53. The quantitative estimate of drug-likeness (QED) is 0.334. The second kappa shape index (κ2) is 13.0. The maximum Gasteiger partial charge on any atom is 0.161 e. The topological polar surface area (TPSA) is 69.6 Å². The zero-order valence-corrected chi connectivity index (χ0v) is 24.1. The summed E-state index contributed by atoms with van der Waals surface area (Å²) in [5, 5.41) is 0.870. The molecule has 1 unspecified atom stereocenters. The fourth-order valence-corrected chi connectivity index (χ4v) is 6.36. The van der Waals surface area contributed by atoms with E-state index in [2.05, 4.69) is 0 Å². The third kappa shape index (κ3) is 6.41. The number of ketones is 1. The molecule has 40 heavy (non-hydrogen) atoms. The predicted octanol–water partition coefficient (Wildman–Crippen LogP) is 5.30. The lowest BCUT2D eigenvalue weighted by Crippen LogP contribution is -2.59. The number of ether oxygens (including phenoxy) is 4. The summed E-state index contributed by atoms with van der Waals surface area (Å²) in [5.74, 6) is 0.173. The van der Waals surface area contributed by atoms with Gasteiger partial charge in [0, 0.05) is 14.1 Å². The summed E-state index contributed by atoms with van der Waals surface area (Å²) in [6.07, 6.45) is -1.56. The molecule has 0 spiro atoms. The zero-order valence-electron chi connectivity index (χ0n) is 23.3. The number of carbonyl (C=O) groups is 1. The molecule has 0 N–H and O–H groups in total. The summed E-state index contributed by atoms with van der Waals surface area (Å²) in [7, 11) is 5.57. The molecule has 210 valence electrons. The maximum absolute atomic E-state index is 13.3. The Morgan fingerprint density at radius 1 is 0.900 bits per heavy atom. The van der Waals surface area contributed by atoms with Crippen LogP contribution in [0.2, 0.25) is 0 Å². The van der Waals surface area contributed by atoms with E-state index in [0.29, 0.717) is 13.2 Å². The number of fused-ring (bicyclic) bond motifs is 1. The van der Waals surface area contributed by atoms with Crippen molar-refractivity contribution in [2.75, 3.05) is 21.2 Å². The molecular formula is C32H36N2O5S. The monoisotopic (exact) mass is 560 g/mol. The van der Waals surface area contributed by atoms with Gasteiger partial charge in [0.25, 0.3) is 0 Å². The predicted molar refractivity (Wildman–Crippen MR) is 158 cm³/mol. The molecule has 8 heteroatoms. The van der Waals surface area contributed by atoms with Crippen molar-refractivity contribution in [2.45, 2.75) is 55.8 Å². The first-order valence-electron chi connectivity index (χ1n) is 13.5. The van der Waals surface area contributed by atoms with Gasteiger partial charge >= 0.3 is 0 Å². The Labute approximate surface area is 240 Å². The lowest BCUT2D eigenvalue weighted by Gasteiger charge is -2.45. The van der Waals surface area contributed by atoms with Crippen molar-refractivity contribution in [3.63, 3.8) is 0 Å². The van der Waals surface area contributed by atoms with Gasteiger partial charge in [-0.25, -0.2) is 0 Å². The summed E-state index contributed by atoms with van der Waals surface area (Å²) in [4.78, 5) is 20.3. The van der Waals surface area contributed by atoms with Crippen molar-refractivity contribution in [1.29, 1.82) is 0 Å².